The lowest BCUT2D eigenvalue weighted by atomic mass is 9.65. The van der Waals surface area contributed by atoms with E-state index in [0.717, 1.165) is 17.0 Å². The van der Waals surface area contributed by atoms with Crippen molar-refractivity contribution < 1.29 is 19.4 Å². The summed E-state index contributed by atoms with van der Waals surface area (Å²) in [6, 6.07) is 10.1. The second kappa shape index (κ2) is 7.80. The van der Waals surface area contributed by atoms with E-state index in [4.69, 9.17) is 4.42 Å². The molecular weight excluding hydrogens is 382 g/mol. The lowest BCUT2D eigenvalue weighted by molar-refractivity contribution is -0.156. The summed E-state index contributed by atoms with van der Waals surface area (Å²) in [6.45, 7) is 4.28. The second-order valence-electron chi connectivity index (χ2n) is 9.00. The Labute approximate surface area is 176 Å². The fraction of sp³-hybridized carbons (Fsp3) is 0.565. The molecule has 0 radical (unpaired) electrons. The summed E-state index contributed by atoms with van der Waals surface area (Å²) in [7, 11) is 0. The Morgan fingerprint density at radius 1 is 1.20 bits per heavy atom. The Morgan fingerprint density at radius 2 is 1.97 bits per heavy atom. The Morgan fingerprint density at radius 3 is 2.77 bits per heavy atom. The van der Waals surface area contributed by atoms with Crippen molar-refractivity contribution in [1.82, 2.24) is 15.2 Å². The summed E-state index contributed by atoms with van der Waals surface area (Å²) in [6.07, 6.45) is -0.347. The summed E-state index contributed by atoms with van der Waals surface area (Å²) in [5, 5.41) is 24.3. The van der Waals surface area contributed by atoms with Gasteiger partial charge in [0.1, 0.15) is 11.5 Å². The first kappa shape index (κ1) is 19.7. The number of aliphatic hydroxyl groups is 2. The van der Waals surface area contributed by atoms with Crippen molar-refractivity contribution in [2.45, 2.75) is 38.5 Å². The van der Waals surface area contributed by atoms with Crippen LogP contribution in [0.5, 0.6) is 0 Å². The third kappa shape index (κ3) is 3.35. The fourth-order valence-electron chi connectivity index (χ4n) is 5.56. The van der Waals surface area contributed by atoms with Crippen molar-refractivity contribution in [2.75, 3.05) is 19.6 Å². The molecule has 0 spiro atoms. The number of nitrogens with one attached hydrogen (secondary N) is 1. The SMILES string of the molecule is C[C@H]1[C@H](O)[C@@H](O)[C@H]2CNC[C@@H]2[C@H]1C(=O)N1CCc2oc(Cc3ccccc3)nc2C1. The van der Waals surface area contributed by atoms with E-state index in [1.807, 2.05) is 30.0 Å². The summed E-state index contributed by atoms with van der Waals surface area (Å²) in [5.41, 5.74) is 1.98. The average Bonchev–Trinajstić information content (AvgIpc) is 3.39. The van der Waals surface area contributed by atoms with Crippen LogP contribution in [0.15, 0.2) is 34.7 Å². The first-order valence-electron chi connectivity index (χ1n) is 10.9. The highest BCUT2D eigenvalue weighted by atomic mass is 16.4. The number of carbonyl (C=O) groups excluding carboxylic acids is 1. The minimum atomic E-state index is -0.870. The van der Waals surface area contributed by atoms with Crippen molar-refractivity contribution in [2.24, 2.45) is 23.7 Å². The Bertz CT molecular complexity index is 914. The van der Waals surface area contributed by atoms with Gasteiger partial charge in [-0.05, 0) is 23.9 Å². The lowest BCUT2D eigenvalue weighted by Gasteiger charge is -2.45. The van der Waals surface area contributed by atoms with Crippen molar-refractivity contribution in [1.29, 1.82) is 0 Å². The molecule has 5 rings (SSSR count). The highest BCUT2D eigenvalue weighted by Crippen LogP contribution is 2.42. The van der Waals surface area contributed by atoms with Crippen LogP contribution in [-0.4, -0.2) is 57.8 Å². The summed E-state index contributed by atoms with van der Waals surface area (Å²) >= 11 is 0. The minimum Gasteiger partial charge on any atom is -0.445 e. The van der Waals surface area contributed by atoms with Gasteiger partial charge in [-0.1, -0.05) is 37.3 Å². The third-order valence-corrected chi connectivity index (χ3v) is 7.23. The van der Waals surface area contributed by atoms with E-state index in [9.17, 15) is 15.0 Å². The van der Waals surface area contributed by atoms with E-state index in [0.29, 0.717) is 44.9 Å². The number of carbonyl (C=O) groups is 1. The Hall–Kier alpha value is -2.22. The summed E-state index contributed by atoms with van der Waals surface area (Å²) in [4.78, 5) is 20.0. The topological polar surface area (TPSA) is 98.8 Å². The van der Waals surface area contributed by atoms with Gasteiger partial charge in [-0.2, -0.15) is 0 Å². The van der Waals surface area contributed by atoms with E-state index in [1.54, 1.807) is 0 Å². The molecule has 3 N–H and O–H groups in total. The number of aromatic nitrogens is 1. The number of rotatable bonds is 3. The maximum absolute atomic E-state index is 13.5. The molecule has 160 valence electrons. The zero-order chi connectivity index (χ0) is 20.8. The van der Waals surface area contributed by atoms with Crippen LogP contribution < -0.4 is 5.32 Å². The first-order valence-corrected chi connectivity index (χ1v) is 10.9. The van der Waals surface area contributed by atoms with Gasteiger partial charge in [0.2, 0.25) is 5.91 Å². The van der Waals surface area contributed by atoms with E-state index in [-0.39, 0.29) is 29.6 Å². The van der Waals surface area contributed by atoms with Gasteiger partial charge in [0.25, 0.3) is 0 Å². The van der Waals surface area contributed by atoms with Crippen LogP contribution in [0.25, 0.3) is 0 Å². The smallest absolute Gasteiger partial charge is 0.226 e. The summed E-state index contributed by atoms with van der Waals surface area (Å²) < 4.78 is 5.97. The van der Waals surface area contributed by atoms with Crippen molar-refractivity contribution in [3.05, 3.63) is 53.2 Å². The highest BCUT2D eigenvalue weighted by molar-refractivity contribution is 5.80. The minimum absolute atomic E-state index is 0.0539. The molecule has 1 saturated heterocycles. The molecule has 1 aromatic heterocycles. The molecule has 1 aromatic carbocycles. The van der Waals surface area contributed by atoms with Crippen LogP contribution >= 0.6 is 0 Å². The lowest BCUT2D eigenvalue weighted by Crippen LogP contribution is -2.56. The predicted molar refractivity (Wildman–Crippen MR) is 109 cm³/mol. The van der Waals surface area contributed by atoms with Gasteiger partial charge in [-0.25, -0.2) is 4.98 Å². The molecule has 1 amide bonds. The quantitative estimate of drug-likeness (QED) is 0.696. The molecule has 7 heteroatoms. The number of hydrogen-bond acceptors (Lipinski definition) is 6. The van der Waals surface area contributed by atoms with Crippen molar-refractivity contribution in [3.63, 3.8) is 0 Å². The first-order chi connectivity index (χ1) is 14.5. The molecule has 1 aliphatic carbocycles. The zero-order valence-electron chi connectivity index (χ0n) is 17.2. The Balaban J connectivity index is 1.32. The van der Waals surface area contributed by atoms with Crippen LogP contribution in [0.3, 0.4) is 0 Å². The zero-order valence-corrected chi connectivity index (χ0v) is 17.2. The van der Waals surface area contributed by atoms with Crippen molar-refractivity contribution >= 4 is 5.91 Å². The van der Waals surface area contributed by atoms with E-state index >= 15 is 0 Å². The molecule has 30 heavy (non-hydrogen) atoms. The van der Waals surface area contributed by atoms with Crippen LogP contribution in [0.2, 0.25) is 0 Å². The molecule has 2 aliphatic heterocycles. The summed E-state index contributed by atoms with van der Waals surface area (Å²) in [5.74, 6) is 1.03. The van der Waals surface area contributed by atoms with Gasteiger partial charge in [0.05, 0.1) is 18.8 Å². The monoisotopic (exact) mass is 411 g/mol. The number of fused-ring (bicyclic) bond motifs is 2. The molecule has 1 saturated carbocycles. The van der Waals surface area contributed by atoms with Crippen LogP contribution in [0, 0.1) is 23.7 Å². The number of benzene rings is 1. The Kier molecular flexibility index (Phi) is 5.13. The molecule has 0 bridgehead atoms. The molecule has 3 aliphatic rings. The van der Waals surface area contributed by atoms with Gasteiger partial charge < -0.3 is 24.8 Å². The molecule has 2 aromatic rings. The predicted octanol–water partition coefficient (Wildman–Crippen LogP) is 0.973. The number of oxazole rings is 1. The third-order valence-electron chi connectivity index (χ3n) is 7.23. The van der Waals surface area contributed by atoms with Crippen molar-refractivity contribution in [3.8, 4) is 0 Å². The maximum atomic E-state index is 13.5. The second-order valence-corrected chi connectivity index (χ2v) is 9.00. The van der Waals surface area contributed by atoms with Gasteiger partial charge in [0, 0.05) is 37.8 Å². The van der Waals surface area contributed by atoms with Gasteiger partial charge in [-0.15, -0.1) is 0 Å². The maximum Gasteiger partial charge on any atom is 0.226 e. The standard InChI is InChI=1S/C23H29N3O4/c1-13-20(15-10-24-11-16(15)22(28)21(13)27)23(29)26-8-7-18-17(12-26)25-19(30-18)9-14-5-3-2-4-6-14/h2-6,13,15-16,20-22,24,27-28H,7-12H2,1H3/t13-,15+,16+,20+,21+,22+/m1/s1. The van der Waals surface area contributed by atoms with Gasteiger partial charge >= 0.3 is 0 Å². The van der Waals surface area contributed by atoms with E-state index < -0.39 is 12.2 Å². The number of aliphatic hydroxyl groups excluding tert-OH is 2. The molecule has 3 heterocycles. The number of hydrogen-bond donors (Lipinski definition) is 3. The van der Waals surface area contributed by atoms with E-state index in [2.05, 4.69) is 22.4 Å². The average molecular weight is 412 g/mol. The fourth-order valence-corrected chi connectivity index (χ4v) is 5.56. The number of nitrogens with zero attached hydrogens (tertiary/aromatic N) is 2. The molecule has 7 nitrogen and oxygen atoms in total. The largest absolute Gasteiger partial charge is 0.445 e. The number of amides is 1. The molecule has 2 fully saturated rings. The van der Waals surface area contributed by atoms with Gasteiger partial charge in [0.15, 0.2) is 5.89 Å². The van der Waals surface area contributed by atoms with Crippen LogP contribution in [0.1, 0.15) is 29.8 Å². The van der Waals surface area contributed by atoms with Crippen LogP contribution in [-0.2, 0) is 24.2 Å². The highest BCUT2D eigenvalue weighted by Gasteiger charge is 2.53. The van der Waals surface area contributed by atoms with E-state index in [1.165, 1.54) is 0 Å². The molecular formula is C23H29N3O4. The van der Waals surface area contributed by atoms with Gasteiger partial charge in [-0.3, -0.25) is 4.79 Å². The molecule has 6 atom stereocenters. The van der Waals surface area contributed by atoms with Crippen LogP contribution in [0.4, 0.5) is 0 Å². The normalized spacial score (nSPS) is 33.2. The molecule has 0 unspecified atom stereocenters.